The Morgan fingerprint density at radius 1 is 1.11 bits per heavy atom. The zero-order valence-electron chi connectivity index (χ0n) is 12.2. The normalized spacial score (nSPS) is 16.3. The molecule has 0 amide bonds. The molecule has 106 valence electrons. The molecule has 2 rings (SSSR count). The maximum absolute atomic E-state index is 5.39. The molecule has 1 N–H and O–H groups in total. The summed E-state index contributed by atoms with van der Waals surface area (Å²) in [5.41, 5.74) is 2.53. The minimum atomic E-state index is 0.760. The lowest BCUT2D eigenvalue weighted by Gasteiger charge is -2.23. The van der Waals surface area contributed by atoms with E-state index in [2.05, 4.69) is 48.3 Å². The van der Waals surface area contributed by atoms with E-state index in [0.29, 0.717) is 0 Å². The second kappa shape index (κ2) is 7.39. The van der Waals surface area contributed by atoms with E-state index in [1.807, 2.05) is 0 Å². The Hall–Kier alpha value is -1.22. The predicted molar refractivity (Wildman–Crippen MR) is 82.0 cm³/mol. The number of hydrogen-bond acceptors (Lipinski definition) is 3. The summed E-state index contributed by atoms with van der Waals surface area (Å²) >= 11 is 0. The fourth-order valence-electron chi connectivity index (χ4n) is 2.59. The third kappa shape index (κ3) is 4.13. The van der Waals surface area contributed by atoms with Crippen LogP contribution in [0.5, 0.6) is 0 Å². The van der Waals surface area contributed by atoms with Crippen molar-refractivity contribution in [1.29, 1.82) is 0 Å². The van der Waals surface area contributed by atoms with Gasteiger partial charge in [-0.3, -0.25) is 0 Å². The molecule has 0 aliphatic carbocycles. The smallest absolute Gasteiger partial charge is 0.0469 e. The van der Waals surface area contributed by atoms with Crippen LogP contribution in [-0.2, 0) is 4.74 Å². The van der Waals surface area contributed by atoms with Crippen molar-refractivity contribution in [3.8, 4) is 0 Å². The van der Waals surface area contributed by atoms with Gasteiger partial charge in [-0.1, -0.05) is 0 Å². The Balaban J connectivity index is 1.84. The maximum atomic E-state index is 5.39. The zero-order valence-corrected chi connectivity index (χ0v) is 12.2. The topological polar surface area (TPSA) is 24.5 Å². The fraction of sp³-hybridized carbons (Fsp3) is 0.625. The summed E-state index contributed by atoms with van der Waals surface area (Å²) < 4.78 is 5.39. The minimum absolute atomic E-state index is 0.760. The second-order valence-corrected chi connectivity index (χ2v) is 5.16. The van der Waals surface area contributed by atoms with Crippen molar-refractivity contribution in [3.05, 3.63) is 24.3 Å². The number of benzene rings is 1. The van der Waals surface area contributed by atoms with Crippen molar-refractivity contribution in [2.45, 2.75) is 26.7 Å². The summed E-state index contributed by atoms with van der Waals surface area (Å²) in [6.45, 7) is 9.42. The number of rotatable bonds is 6. The molecule has 1 aliphatic rings. The molecule has 1 heterocycles. The van der Waals surface area contributed by atoms with Crippen molar-refractivity contribution < 1.29 is 4.74 Å². The number of anilines is 2. The van der Waals surface area contributed by atoms with Crippen LogP contribution in [0.4, 0.5) is 11.4 Å². The van der Waals surface area contributed by atoms with E-state index < -0.39 is 0 Å². The first-order valence-corrected chi connectivity index (χ1v) is 7.50. The van der Waals surface area contributed by atoms with E-state index in [-0.39, 0.29) is 0 Å². The van der Waals surface area contributed by atoms with Crippen molar-refractivity contribution in [3.63, 3.8) is 0 Å². The summed E-state index contributed by atoms with van der Waals surface area (Å²) in [5, 5.41) is 3.54. The summed E-state index contributed by atoms with van der Waals surface area (Å²) in [5.74, 6) is 0.760. The first kappa shape index (κ1) is 14.2. The van der Waals surface area contributed by atoms with Gasteiger partial charge >= 0.3 is 0 Å². The van der Waals surface area contributed by atoms with E-state index in [1.54, 1.807) is 0 Å². The third-order valence-electron chi connectivity index (χ3n) is 3.93. The Labute approximate surface area is 116 Å². The lowest BCUT2D eigenvalue weighted by atomic mass is 10.0. The molecule has 3 heteroatoms. The standard InChI is InChI=1S/C16H26N2O/c1-3-18(4-2)16-7-5-15(6-8-16)17-13-14-9-11-19-12-10-14/h5-8,14,17H,3-4,9-13H2,1-2H3. The van der Waals surface area contributed by atoms with E-state index in [1.165, 1.54) is 24.2 Å². The summed E-state index contributed by atoms with van der Waals surface area (Å²) in [7, 11) is 0. The van der Waals surface area contributed by atoms with Gasteiger partial charge in [0.05, 0.1) is 0 Å². The van der Waals surface area contributed by atoms with Crippen LogP contribution in [0.3, 0.4) is 0 Å². The van der Waals surface area contributed by atoms with Crippen LogP contribution in [0.2, 0.25) is 0 Å². The van der Waals surface area contributed by atoms with Gasteiger partial charge in [0, 0.05) is 44.2 Å². The van der Waals surface area contributed by atoms with Gasteiger partial charge in [-0.15, -0.1) is 0 Å². The highest BCUT2D eigenvalue weighted by molar-refractivity contribution is 5.55. The highest BCUT2D eigenvalue weighted by Crippen LogP contribution is 2.19. The molecule has 0 spiro atoms. The van der Waals surface area contributed by atoms with E-state index in [0.717, 1.165) is 38.8 Å². The Morgan fingerprint density at radius 3 is 2.32 bits per heavy atom. The largest absolute Gasteiger partial charge is 0.385 e. The fourth-order valence-corrected chi connectivity index (χ4v) is 2.59. The van der Waals surface area contributed by atoms with Crippen LogP contribution < -0.4 is 10.2 Å². The van der Waals surface area contributed by atoms with Gasteiger partial charge in [0.1, 0.15) is 0 Å². The van der Waals surface area contributed by atoms with Crippen molar-refractivity contribution >= 4 is 11.4 Å². The molecule has 19 heavy (non-hydrogen) atoms. The van der Waals surface area contributed by atoms with Crippen molar-refractivity contribution in [2.24, 2.45) is 5.92 Å². The van der Waals surface area contributed by atoms with Crippen LogP contribution in [0.1, 0.15) is 26.7 Å². The molecule has 1 saturated heterocycles. The third-order valence-corrected chi connectivity index (χ3v) is 3.93. The minimum Gasteiger partial charge on any atom is -0.385 e. The molecule has 3 nitrogen and oxygen atoms in total. The number of hydrogen-bond donors (Lipinski definition) is 1. The molecule has 1 aromatic rings. The highest BCUT2D eigenvalue weighted by atomic mass is 16.5. The van der Waals surface area contributed by atoms with Crippen LogP contribution in [0.25, 0.3) is 0 Å². The van der Waals surface area contributed by atoms with Gasteiger partial charge in [0.25, 0.3) is 0 Å². The van der Waals surface area contributed by atoms with Gasteiger partial charge in [-0.25, -0.2) is 0 Å². The summed E-state index contributed by atoms with van der Waals surface area (Å²) in [6.07, 6.45) is 2.37. The highest BCUT2D eigenvalue weighted by Gasteiger charge is 2.13. The molecule has 0 unspecified atom stereocenters. The Bertz CT molecular complexity index is 354. The van der Waals surface area contributed by atoms with E-state index >= 15 is 0 Å². The molecule has 0 atom stereocenters. The first-order chi connectivity index (χ1) is 9.33. The van der Waals surface area contributed by atoms with Crippen LogP contribution in [0, 0.1) is 5.92 Å². The van der Waals surface area contributed by atoms with Crippen molar-refractivity contribution in [2.75, 3.05) is 43.1 Å². The second-order valence-electron chi connectivity index (χ2n) is 5.16. The first-order valence-electron chi connectivity index (χ1n) is 7.50. The van der Waals surface area contributed by atoms with Crippen LogP contribution in [-0.4, -0.2) is 32.8 Å². The number of ether oxygens (including phenoxy) is 1. The monoisotopic (exact) mass is 262 g/mol. The molecule has 1 aliphatic heterocycles. The SMILES string of the molecule is CCN(CC)c1ccc(NCC2CCOCC2)cc1. The molecule has 0 bridgehead atoms. The molecule has 0 saturated carbocycles. The van der Waals surface area contributed by atoms with Crippen LogP contribution >= 0.6 is 0 Å². The van der Waals surface area contributed by atoms with Gasteiger partial charge < -0.3 is 15.0 Å². The van der Waals surface area contributed by atoms with E-state index in [4.69, 9.17) is 4.74 Å². The van der Waals surface area contributed by atoms with Gasteiger partial charge in [-0.05, 0) is 56.9 Å². The lowest BCUT2D eigenvalue weighted by molar-refractivity contribution is 0.0699. The van der Waals surface area contributed by atoms with Gasteiger partial charge in [0.15, 0.2) is 0 Å². The van der Waals surface area contributed by atoms with Crippen molar-refractivity contribution in [1.82, 2.24) is 0 Å². The summed E-state index contributed by atoms with van der Waals surface area (Å²) in [4.78, 5) is 2.36. The molecule has 1 fully saturated rings. The Kier molecular flexibility index (Phi) is 5.52. The molecular formula is C16H26N2O. The number of nitrogens with one attached hydrogen (secondary N) is 1. The molecule has 0 aromatic heterocycles. The van der Waals surface area contributed by atoms with E-state index in [9.17, 15) is 0 Å². The predicted octanol–water partition coefficient (Wildman–Crippen LogP) is 3.37. The number of nitrogens with zero attached hydrogens (tertiary/aromatic N) is 1. The molecular weight excluding hydrogens is 236 g/mol. The molecule has 0 radical (unpaired) electrons. The Morgan fingerprint density at radius 2 is 1.74 bits per heavy atom. The average molecular weight is 262 g/mol. The lowest BCUT2D eigenvalue weighted by Crippen LogP contribution is -2.23. The average Bonchev–Trinajstić information content (AvgIpc) is 2.49. The van der Waals surface area contributed by atoms with Crippen LogP contribution in [0.15, 0.2) is 24.3 Å². The maximum Gasteiger partial charge on any atom is 0.0469 e. The van der Waals surface area contributed by atoms with Gasteiger partial charge in [0.2, 0.25) is 0 Å². The summed E-state index contributed by atoms with van der Waals surface area (Å²) in [6, 6.07) is 8.79. The molecule has 1 aromatic carbocycles. The van der Waals surface area contributed by atoms with Gasteiger partial charge in [-0.2, -0.15) is 0 Å². The zero-order chi connectivity index (χ0) is 13.5. The quantitative estimate of drug-likeness (QED) is 0.850.